The van der Waals surface area contributed by atoms with Gasteiger partial charge in [-0.25, -0.2) is 0 Å². The van der Waals surface area contributed by atoms with Gasteiger partial charge in [0.2, 0.25) is 0 Å². The highest BCUT2D eigenvalue weighted by Crippen LogP contribution is 2.36. The maximum Gasteiger partial charge on any atom is 0.197 e. The van der Waals surface area contributed by atoms with Crippen molar-refractivity contribution in [2.24, 2.45) is 0 Å². The molecule has 0 unspecified atom stereocenters. The van der Waals surface area contributed by atoms with Crippen LogP contribution in [0.4, 0.5) is 0 Å². The van der Waals surface area contributed by atoms with Crippen LogP contribution in [-0.2, 0) is 6.42 Å². The summed E-state index contributed by atoms with van der Waals surface area (Å²) in [5.74, 6) is 0.761. The van der Waals surface area contributed by atoms with E-state index in [2.05, 4.69) is 0 Å². The predicted octanol–water partition coefficient (Wildman–Crippen LogP) is 4.39. The van der Waals surface area contributed by atoms with Gasteiger partial charge in [-0.3, -0.25) is 4.79 Å². The largest absolute Gasteiger partial charge is 0.508 e. The molecule has 5 nitrogen and oxygen atoms in total. The maximum absolute atomic E-state index is 12.7. The van der Waals surface area contributed by atoms with Gasteiger partial charge in [-0.15, -0.1) is 0 Å². The van der Waals surface area contributed by atoms with Gasteiger partial charge in [0.1, 0.15) is 34.0 Å². The van der Waals surface area contributed by atoms with Gasteiger partial charge < -0.3 is 19.4 Å². The summed E-state index contributed by atoms with van der Waals surface area (Å²) in [4.78, 5) is 12.7. The zero-order valence-corrected chi connectivity index (χ0v) is 14.9. The predicted molar refractivity (Wildman–Crippen MR) is 101 cm³/mol. The Morgan fingerprint density at radius 2 is 1.85 bits per heavy atom. The fourth-order valence-electron chi connectivity index (χ4n) is 2.77. The first kappa shape index (κ1) is 17.6. The van der Waals surface area contributed by atoms with Gasteiger partial charge in [0.15, 0.2) is 5.43 Å². The van der Waals surface area contributed by atoms with Crippen molar-refractivity contribution in [1.82, 2.24) is 0 Å². The fraction of sp³-hybridized carbons (Fsp3) is 0.190. The van der Waals surface area contributed by atoms with E-state index in [1.54, 1.807) is 12.1 Å². The first-order valence-electron chi connectivity index (χ1n) is 8.20. The third-order valence-corrected chi connectivity index (χ3v) is 4.13. The Labute approximate surface area is 150 Å². The molecule has 1 aromatic heterocycles. The summed E-state index contributed by atoms with van der Waals surface area (Å²) in [6, 6.07) is 9.19. The number of ether oxygens (including phenoxy) is 1. The molecule has 3 aromatic rings. The van der Waals surface area contributed by atoms with Crippen LogP contribution in [0.3, 0.4) is 0 Å². The van der Waals surface area contributed by atoms with Crippen molar-refractivity contribution in [2.45, 2.75) is 20.3 Å². The molecular weight excluding hydrogens is 332 g/mol. The van der Waals surface area contributed by atoms with E-state index in [0.29, 0.717) is 34.3 Å². The van der Waals surface area contributed by atoms with E-state index < -0.39 is 0 Å². The highest BCUT2D eigenvalue weighted by Gasteiger charge is 2.18. The Kier molecular flexibility index (Phi) is 4.71. The number of rotatable bonds is 4. The molecule has 2 N–H and O–H groups in total. The van der Waals surface area contributed by atoms with Crippen LogP contribution in [0.25, 0.3) is 22.3 Å². The summed E-state index contributed by atoms with van der Waals surface area (Å²) in [6.45, 7) is 3.92. The number of fused-ring (bicyclic) bond motifs is 1. The lowest BCUT2D eigenvalue weighted by Crippen LogP contribution is -2.05. The lowest BCUT2D eigenvalue weighted by molar-refractivity contribution is 0.410. The third kappa shape index (κ3) is 3.28. The summed E-state index contributed by atoms with van der Waals surface area (Å²) < 4.78 is 11.3. The Hall–Kier alpha value is -3.21. The Balaban J connectivity index is 2.32. The average Bonchev–Trinajstić information content (AvgIpc) is 2.60. The van der Waals surface area contributed by atoms with Crippen LogP contribution in [-0.4, -0.2) is 17.3 Å². The van der Waals surface area contributed by atoms with Gasteiger partial charge in [-0.1, -0.05) is 11.6 Å². The van der Waals surface area contributed by atoms with E-state index in [9.17, 15) is 15.0 Å². The molecular formula is C21H20O5. The van der Waals surface area contributed by atoms with Gasteiger partial charge in [0.25, 0.3) is 0 Å². The van der Waals surface area contributed by atoms with Crippen LogP contribution in [0, 0.1) is 0 Å². The number of aromatic hydroxyl groups is 2. The first-order valence-corrected chi connectivity index (χ1v) is 8.20. The molecule has 0 atom stereocenters. The lowest BCUT2D eigenvalue weighted by atomic mass is 10.0. The van der Waals surface area contributed by atoms with Crippen LogP contribution in [0.15, 0.2) is 57.3 Å². The van der Waals surface area contributed by atoms with Crippen molar-refractivity contribution < 1.29 is 19.4 Å². The van der Waals surface area contributed by atoms with Crippen LogP contribution in [0.1, 0.15) is 19.4 Å². The zero-order chi connectivity index (χ0) is 18.8. The Morgan fingerprint density at radius 1 is 1.15 bits per heavy atom. The SMILES string of the molecule is COc1cc(O)c(CC=C(C)C)c2oc(-c3ccc(O)cc3)cc(=O)c12. The topological polar surface area (TPSA) is 79.9 Å². The molecule has 2 aromatic carbocycles. The summed E-state index contributed by atoms with van der Waals surface area (Å²) >= 11 is 0. The van der Waals surface area contributed by atoms with E-state index in [0.717, 1.165) is 5.57 Å². The molecule has 0 spiro atoms. The smallest absolute Gasteiger partial charge is 0.197 e. The van der Waals surface area contributed by atoms with E-state index >= 15 is 0 Å². The number of hydrogen-bond acceptors (Lipinski definition) is 5. The summed E-state index contributed by atoms with van der Waals surface area (Å²) in [7, 11) is 1.44. The molecule has 0 bridgehead atoms. The number of allylic oxidation sites excluding steroid dienone is 2. The second-order valence-corrected chi connectivity index (χ2v) is 6.29. The van der Waals surface area contributed by atoms with Crippen LogP contribution in [0.2, 0.25) is 0 Å². The summed E-state index contributed by atoms with van der Waals surface area (Å²) in [5, 5.41) is 20.2. The third-order valence-electron chi connectivity index (χ3n) is 4.13. The highest BCUT2D eigenvalue weighted by atomic mass is 16.5. The molecule has 0 amide bonds. The number of phenols is 2. The van der Waals surface area contributed by atoms with Gasteiger partial charge in [0.05, 0.1) is 7.11 Å². The molecule has 26 heavy (non-hydrogen) atoms. The molecule has 1 heterocycles. The normalized spacial score (nSPS) is 10.7. The van der Waals surface area contributed by atoms with Gasteiger partial charge in [0, 0.05) is 23.3 Å². The summed E-state index contributed by atoms with van der Waals surface area (Å²) in [5.41, 5.74) is 2.31. The van der Waals surface area contributed by atoms with E-state index in [1.165, 1.54) is 31.4 Å². The van der Waals surface area contributed by atoms with Crippen LogP contribution < -0.4 is 10.2 Å². The second-order valence-electron chi connectivity index (χ2n) is 6.29. The van der Waals surface area contributed by atoms with Crippen molar-refractivity contribution in [3.8, 4) is 28.6 Å². The van der Waals surface area contributed by atoms with Crippen LogP contribution >= 0.6 is 0 Å². The standard InChI is InChI=1S/C21H20O5/c1-12(2)4-9-15-16(23)10-19(25-3)20-17(24)11-18(26-21(15)20)13-5-7-14(22)8-6-13/h4-8,10-11,22-23H,9H2,1-3H3. The minimum absolute atomic E-state index is 0.0119. The van der Waals surface area contributed by atoms with E-state index in [1.807, 2.05) is 19.9 Å². The Bertz CT molecular complexity index is 1040. The molecule has 0 aliphatic carbocycles. The maximum atomic E-state index is 12.7. The fourth-order valence-corrected chi connectivity index (χ4v) is 2.77. The molecule has 5 heteroatoms. The van der Waals surface area contributed by atoms with Gasteiger partial charge in [-0.2, -0.15) is 0 Å². The molecule has 0 fully saturated rings. The first-order chi connectivity index (χ1) is 12.4. The molecule has 0 saturated heterocycles. The van der Waals surface area contributed by atoms with Gasteiger partial charge >= 0.3 is 0 Å². The van der Waals surface area contributed by atoms with Crippen molar-refractivity contribution in [3.05, 3.63) is 63.8 Å². The lowest BCUT2D eigenvalue weighted by Gasteiger charge is -2.12. The number of benzene rings is 2. The minimum atomic E-state index is -0.260. The van der Waals surface area contributed by atoms with Gasteiger partial charge in [-0.05, 0) is 44.5 Å². The van der Waals surface area contributed by atoms with Crippen molar-refractivity contribution >= 4 is 11.0 Å². The van der Waals surface area contributed by atoms with Crippen molar-refractivity contribution in [3.63, 3.8) is 0 Å². The minimum Gasteiger partial charge on any atom is -0.508 e. The van der Waals surface area contributed by atoms with Crippen LogP contribution in [0.5, 0.6) is 17.2 Å². The Morgan fingerprint density at radius 3 is 2.46 bits per heavy atom. The van der Waals surface area contributed by atoms with E-state index in [-0.39, 0.29) is 22.7 Å². The number of phenolic OH excluding ortho intramolecular Hbond substituents is 2. The second kappa shape index (κ2) is 6.96. The van der Waals surface area contributed by atoms with Crippen molar-refractivity contribution in [2.75, 3.05) is 7.11 Å². The van der Waals surface area contributed by atoms with E-state index in [4.69, 9.17) is 9.15 Å². The number of methoxy groups -OCH3 is 1. The molecule has 0 radical (unpaired) electrons. The van der Waals surface area contributed by atoms with Crippen molar-refractivity contribution in [1.29, 1.82) is 0 Å². The molecule has 0 aliphatic heterocycles. The highest BCUT2D eigenvalue weighted by molar-refractivity contribution is 5.89. The summed E-state index contributed by atoms with van der Waals surface area (Å²) in [6.07, 6.45) is 2.38. The average molecular weight is 352 g/mol. The molecule has 0 aliphatic rings. The molecule has 3 rings (SSSR count). The zero-order valence-electron chi connectivity index (χ0n) is 14.9. The monoisotopic (exact) mass is 352 g/mol. The molecule has 0 saturated carbocycles. The quantitative estimate of drug-likeness (QED) is 0.681. The molecule has 134 valence electrons. The number of hydrogen-bond donors (Lipinski definition) is 2.